The maximum atomic E-state index is 5.38. The molecule has 0 radical (unpaired) electrons. The number of hydrogen-bond acceptors (Lipinski definition) is 7. The van der Waals surface area contributed by atoms with Crippen LogP contribution in [0.5, 0.6) is 0 Å². The Morgan fingerprint density at radius 2 is 2.22 bits per heavy atom. The van der Waals surface area contributed by atoms with Crippen LogP contribution < -0.4 is 5.32 Å². The van der Waals surface area contributed by atoms with Gasteiger partial charge < -0.3 is 14.8 Å². The zero-order chi connectivity index (χ0) is 13.1. The smallest absolute Gasteiger partial charge is 0.209 e. The van der Waals surface area contributed by atoms with E-state index in [1.54, 1.807) is 18.9 Å². The zero-order valence-corrected chi connectivity index (χ0v) is 11.8. The quantitative estimate of drug-likeness (QED) is 0.451. The Hall–Kier alpha value is -0.700. The summed E-state index contributed by atoms with van der Waals surface area (Å²) < 4.78 is 12.1. The summed E-state index contributed by atoms with van der Waals surface area (Å²) in [5.41, 5.74) is 0. The normalized spacial score (nSPS) is 11.0. The minimum atomic E-state index is 0.648. The van der Waals surface area contributed by atoms with E-state index in [4.69, 9.17) is 9.47 Å². The second-order valence-electron chi connectivity index (χ2n) is 3.60. The van der Waals surface area contributed by atoms with Gasteiger partial charge in [-0.15, -0.1) is 5.10 Å². The van der Waals surface area contributed by atoms with Crippen molar-refractivity contribution in [1.29, 1.82) is 0 Å². The summed E-state index contributed by atoms with van der Waals surface area (Å²) in [5, 5.41) is 15.5. The Labute approximate surface area is 112 Å². The van der Waals surface area contributed by atoms with Crippen molar-refractivity contribution in [3.8, 4) is 0 Å². The van der Waals surface area contributed by atoms with E-state index in [0.29, 0.717) is 13.2 Å². The molecule has 0 unspecified atom stereocenters. The third kappa shape index (κ3) is 6.29. The van der Waals surface area contributed by atoms with E-state index in [1.165, 1.54) is 0 Å². The van der Waals surface area contributed by atoms with Crippen molar-refractivity contribution in [2.24, 2.45) is 0 Å². The van der Waals surface area contributed by atoms with Crippen molar-refractivity contribution >= 4 is 11.8 Å². The van der Waals surface area contributed by atoms with Gasteiger partial charge in [0.2, 0.25) is 5.16 Å². The van der Waals surface area contributed by atoms with Crippen molar-refractivity contribution in [2.45, 2.75) is 18.1 Å². The molecule has 7 nitrogen and oxygen atoms in total. The molecule has 1 heterocycles. The SMILES string of the molecule is CNCCn1nnnc1SCCCOCCOC. The number of rotatable bonds is 11. The van der Waals surface area contributed by atoms with Crippen LogP contribution in [0.1, 0.15) is 6.42 Å². The lowest BCUT2D eigenvalue weighted by Crippen LogP contribution is -2.16. The number of thioether (sulfide) groups is 1. The predicted octanol–water partition coefficient (Wildman–Crippen LogP) is 0.0377. The second kappa shape index (κ2) is 10.2. The molecule has 1 N–H and O–H groups in total. The highest BCUT2D eigenvalue weighted by atomic mass is 32.2. The molecule has 8 heteroatoms. The van der Waals surface area contributed by atoms with Crippen LogP contribution in [0.15, 0.2) is 5.16 Å². The van der Waals surface area contributed by atoms with Crippen molar-refractivity contribution in [3.63, 3.8) is 0 Å². The Morgan fingerprint density at radius 1 is 1.33 bits per heavy atom. The van der Waals surface area contributed by atoms with Crippen molar-refractivity contribution in [3.05, 3.63) is 0 Å². The largest absolute Gasteiger partial charge is 0.382 e. The summed E-state index contributed by atoms with van der Waals surface area (Å²) in [6.07, 6.45) is 0.979. The summed E-state index contributed by atoms with van der Waals surface area (Å²) in [7, 11) is 3.58. The first-order valence-electron chi connectivity index (χ1n) is 5.98. The number of tetrazole rings is 1. The third-order valence-corrected chi connectivity index (χ3v) is 3.21. The minimum absolute atomic E-state index is 0.648. The molecule has 0 bridgehead atoms. The average molecular weight is 275 g/mol. The molecule has 0 aromatic carbocycles. The summed E-state index contributed by atoms with van der Waals surface area (Å²) in [6.45, 7) is 3.69. The van der Waals surface area contributed by atoms with Crippen LogP contribution in [-0.2, 0) is 16.0 Å². The lowest BCUT2D eigenvalue weighted by atomic mass is 10.5. The topological polar surface area (TPSA) is 74.1 Å². The summed E-state index contributed by atoms with van der Waals surface area (Å²) in [4.78, 5) is 0. The molecular formula is C10H21N5O2S. The Balaban J connectivity index is 2.09. The van der Waals surface area contributed by atoms with Gasteiger partial charge >= 0.3 is 0 Å². The molecule has 1 rings (SSSR count). The molecule has 0 aliphatic heterocycles. The Morgan fingerprint density at radius 3 is 3.00 bits per heavy atom. The number of hydrogen-bond donors (Lipinski definition) is 1. The van der Waals surface area contributed by atoms with Gasteiger partial charge in [0, 0.05) is 26.0 Å². The number of aromatic nitrogens is 4. The highest BCUT2D eigenvalue weighted by Gasteiger charge is 2.05. The summed E-state index contributed by atoms with van der Waals surface area (Å²) in [5.74, 6) is 0.951. The third-order valence-electron chi connectivity index (χ3n) is 2.17. The number of methoxy groups -OCH3 is 1. The molecule has 0 spiro atoms. The average Bonchev–Trinajstić information content (AvgIpc) is 2.83. The van der Waals surface area contributed by atoms with Crippen molar-refractivity contribution < 1.29 is 9.47 Å². The first-order chi connectivity index (χ1) is 8.88. The summed E-state index contributed by atoms with van der Waals surface area (Å²) in [6, 6.07) is 0. The lowest BCUT2D eigenvalue weighted by Gasteiger charge is -2.04. The molecule has 0 saturated carbocycles. The fourth-order valence-electron chi connectivity index (χ4n) is 1.23. The Bertz CT molecular complexity index is 310. The predicted molar refractivity (Wildman–Crippen MR) is 69.8 cm³/mol. The van der Waals surface area contributed by atoms with E-state index in [-0.39, 0.29) is 0 Å². The molecule has 0 atom stereocenters. The molecule has 104 valence electrons. The molecular weight excluding hydrogens is 254 g/mol. The fourth-order valence-corrected chi connectivity index (χ4v) is 2.04. The second-order valence-corrected chi connectivity index (χ2v) is 4.66. The van der Waals surface area contributed by atoms with Crippen molar-refractivity contribution in [1.82, 2.24) is 25.5 Å². The van der Waals surface area contributed by atoms with E-state index in [9.17, 15) is 0 Å². The number of nitrogens with one attached hydrogen (secondary N) is 1. The van der Waals surface area contributed by atoms with Gasteiger partial charge in [0.1, 0.15) is 0 Å². The van der Waals surface area contributed by atoms with Crippen LogP contribution in [0.2, 0.25) is 0 Å². The molecule has 0 amide bonds. The van der Waals surface area contributed by atoms with E-state index < -0.39 is 0 Å². The Kier molecular flexibility index (Phi) is 8.74. The van der Waals surface area contributed by atoms with Crippen LogP contribution in [-0.4, -0.2) is 66.5 Å². The molecule has 0 fully saturated rings. The number of nitrogens with zero attached hydrogens (tertiary/aromatic N) is 4. The number of ether oxygens (including phenoxy) is 2. The molecule has 18 heavy (non-hydrogen) atoms. The van der Waals surface area contributed by atoms with E-state index >= 15 is 0 Å². The van der Waals surface area contributed by atoms with Crippen LogP contribution in [0.25, 0.3) is 0 Å². The molecule has 0 saturated heterocycles. The number of likely N-dealkylation sites (N-methyl/N-ethyl adjacent to an activating group) is 1. The molecule has 1 aromatic rings. The molecule has 0 aliphatic rings. The minimum Gasteiger partial charge on any atom is -0.382 e. The van der Waals surface area contributed by atoms with Gasteiger partial charge in [-0.2, -0.15) is 0 Å². The maximum Gasteiger partial charge on any atom is 0.209 e. The standard InChI is InChI=1S/C10H21N5O2S/c1-11-4-5-15-10(12-13-14-15)18-9-3-6-17-8-7-16-2/h11H,3-9H2,1-2H3. The van der Waals surface area contributed by atoms with E-state index in [0.717, 1.165) is 37.0 Å². The molecule has 1 aromatic heterocycles. The van der Waals surface area contributed by atoms with Gasteiger partial charge in [-0.05, 0) is 23.9 Å². The summed E-state index contributed by atoms with van der Waals surface area (Å²) >= 11 is 1.66. The van der Waals surface area contributed by atoms with Crippen LogP contribution in [0.4, 0.5) is 0 Å². The van der Waals surface area contributed by atoms with Crippen LogP contribution >= 0.6 is 11.8 Å². The maximum absolute atomic E-state index is 5.38. The van der Waals surface area contributed by atoms with Gasteiger partial charge in [0.15, 0.2) is 0 Å². The van der Waals surface area contributed by atoms with E-state index in [2.05, 4.69) is 20.8 Å². The van der Waals surface area contributed by atoms with Gasteiger partial charge in [0.05, 0.1) is 19.8 Å². The first kappa shape index (κ1) is 15.4. The van der Waals surface area contributed by atoms with Gasteiger partial charge in [-0.25, -0.2) is 4.68 Å². The lowest BCUT2D eigenvalue weighted by molar-refractivity contribution is 0.0713. The van der Waals surface area contributed by atoms with Gasteiger partial charge in [-0.1, -0.05) is 11.8 Å². The zero-order valence-electron chi connectivity index (χ0n) is 11.0. The van der Waals surface area contributed by atoms with Crippen LogP contribution in [0, 0.1) is 0 Å². The monoisotopic (exact) mass is 275 g/mol. The van der Waals surface area contributed by atoms with Crippen LogP contribution in [0.3, 0.4) is 0 Å². The highest BCUT2D eigenvalue weighted by molar-refractivity contribution is 7.99. The fraction of sp³-hybridized carbons (Fsp3) is 0.900. The van der Waals surface area contributed by atoms with Crippen molar-refractivity contribution in [2.75, 3.05) is 46.3 Å². The first-order valence-corrected chi connectivity index (χ1v) is 6.97. The van der Waals surface area contributed by atoms with E-state index in [1.807, 2.05) is 11.7 Å². The molecule has 0 aliphatic carbocycles. The van der Waals surface area contributed by atoms with Gasteiger partial charge in [0.25, 0.3) is 0 Å². The highest BCUT2D eigenvalue weighted by Crippen LogP contribution is 2.14. The van der Waals surface area contributed by atoms with Gasteiger partial charge in [-0.3, -0.25) is 0 Å².